The van der Waals surface area contributed by atoms with Gasteiger partial charge in [0.05, 0.1) is 25.6 Å². The molecule has 0 aliphatic heterocycles. The highest BCUT2D eigenvalue weighted by atomic mass is 16.5. The highest BCUT2D eigenvalue weighted by Crippen LogP contribution is 2.00. The number of urea groups is 1. The van der Waals surface area contributed by atoms with Crippen molar-refractivity contribution in [3.8, 4) is 0 Å². The van der Waals surface area contributed by atoms with Crippen molar-refractivity contribution in [3.63, 3.8) is 0 Å². The SMILES string of the molecule is COCC(O)CN(C)C(=O)NC(Cc1cnc[nH]1)C(=O)O. The number of imidazole rings is 1. The van der Waals surface area contributed by atoms with Crippen molar-refractivity contribution in [2.24, 2.45) is 0 Å². The number of methoxy groups -OCH3 is 1. The van der Waals surface area contributed by atoms with E-state index in [0.29, 0.717) is 5.69 Å². The van der Waals surface area contributed by atoms with Crippen LogP contribution in [0.15, 0.2) is 12.5 Å². The summed E-state index contributed by atoms with van der Waals surface area (Å²) in [4.78, 5) is 30.8. The summed E-state index contributed by atoms with van der Waals surface area (Å²) in [6, 6.07) is -1.67. The number of rotatable bonds is 8. The molecule has 0 saturated heterocycles. The lowest BCUT2D eigenvalue weighted by Gasteiger charge is -2.23. The van der Waals surface area contributed by atoms with Crippen molar-refractivity contribution < 1.29 is 24.5 Å². The van der Waals surface area contributed by atoms with Gasteiger partial charge in [-0.05, 0) is 0 Å². The molecule has 9 heteroatoms. The molecule has 0 aliphatic rings. The van der Waals surface area contributed by atoms with Gasteiger partial charge in [0.1, 0.15) is 6.04 Å². The predicted molar refractivity (Wildman–Crippen MR) is 72.8 cm³/mol. The summed E-state index contributed by atoms with van der Waals surface area (Å²) in [6.07, 6.45) is 2.19. The Morgan fingerprint density at radius 3 is 2.81 bits per heavy atom. The molecule has 0 radical (unpaired) electrons. The molecule has 2 atom stereocenters. The number of ether oxygens (including phenoxy) is 1. The standard InChI is InChI=1S/C12H20N4O5/c1-16(5-9(17)6-21-2)12(20)15-10(11(18)19)3-8-4-13-7-14-8/h4,7,9-10,17H,3,5-6H2,1-2H3,(H,13,14)(H,15,20)(H,18,19). The minimum absolute atomic E-state index is 0.0378. The van der Waals surface area contributed by atoms with Gasteiger partial charge in [0.2, 0.25) is 0 Å². The van der Waals surface area contributed by atoms with E-state index in [4.69, 9.17) is 9.84 Å². The molecule has 2 unspecified atom stereocenters. The van der Waals surface area contributed by atoms with Crippen molar-refractivity contribution >= 4 is 12.0 Å². The number of carboxylic acid groups (broad SMARTS) is 1. The molecular formula is C12H20N4O5. The molecule has 0 aliphatic carbocycles. The van der Waals surface area contributed by atoms with Crippen molar-refractivity contribution in [3.05, 3.63) is 18.2 Å². The maximum absolute atomic E-state index is 11.9. The Hall–Kier alpha value is -2.13. The summed E-state index contributed by atoms with van der Waals surface area (Å²) >= 11 is 0. The third kappa shape index (κ3) is 5.79. The molecule has 0 fully saturated rings. The Labute approximate surface area is 121 Å². The number of carbonyl (C=O) groups excluding carboxylic acids is 1. The van der Waals surface area contributed by atoms with Gasteiger partial charge in [0.25, 0.3) is 0 Å². The van der Waals surface area contributed by atoms with E-state index in [1.165, 1.54) is 31.6 Å². The molecule has 1 aromatic rings. The van der Waals surface area contributed by atoms with Crippen LogP contribution in [-0.2, 0) is 16.0 Å². The zero-order valence-electron chi connectivity index (χ0n) is 11.9. The first-order valence-corrected chi connectivity index (χ1v) is 6.32. The summed E-state index contributed by atoms with van der Waals surface area (Å²) in [5.41, 5.74) is 0.602. The molecule has 0 spiro atoms. The molecule has 9 nitrogen and oxygen atoms in total. The van der Waals surface area contributed by atoms with Crippen LogP contribution in [0.3, 0.4) is 0 Å². The monoisotopic (exact) mass is 300 g/mol. The van der Waals surface area contributed by atoms with Crippen molar-refractivity contribution in [2.75, 3.05) is 27.3 Å². The number of carbonyl (C=O) groups is 2. The normalized spacial score (nSPS) is 13.5. The Morgan fingerprint density at radius 2 is 2.29 bits per heavy atom. The molecule has 2 amide bonds. The fourth-order valence-corrected chi connectivity index (χ4v) is 1.72. The molecule has 4 N–H and O–H groups in total. The Kier molecular flexibility index (Phi) is 6.63. The summed E-state index contributed by atoms with van der Waals surface area (Å²) in [5, 5.41) is 21.1. The van der Waals surface area contributed by atoms with Gasteiger partial charge in [0.15, 0.2) is 0 Å². The predicted octanol–water partition coefficient (Wildman–Crippen LogP) is -0.946. The van der Waals surface area contributed by atoms with E-state index in [0.717, 1.165) is 0 Å². The number of aromatic nitrogens is 2. The van der Waals surface area contributed by atoms with Gasteiger partial charge < -0.3 is 30.2 Å². The summed E-state index contributed by atoms with van der Waals surface area (Å²) < 4.78 is 4.76. The van der Waals surface area contributed by atoms with Crippen LogP contribution in [-0.4, -0.2) is 76.5 Å². The number of nitrogens with one attached hydrogen (secondary N) is 2. The number of likely N-dealkylation sites (N-methyl/N-ethyl adjacent to an activating group) is 1. The van der Waals surface area contributed by atoms with Gasteiger partial charge in [-0.15, -0.1) is 0 Å². The van der Waals surface area contributed by atoms with E-state index < -0.39 is 24.1 Å². The lowest BCUT2D eigenvalue weighted by Crippen LogP contribution is -2.49. The first kappa shape index (κ1) is 16.9. The van der Waals surface area contributed by atoms with Crippen LogP contribution in [0, 0.1) is 0 Å². The number of aliphatic carboxylic acids is 1. The first-order valence-electron chi connectivity index (χ1n) is 6.32. The maximum Gasteiger partial charge on any atom is 0.326 e. The fraction of sp³-hybridized carbons (Fsp3) is 0.583. The van der Waals surface area contributed by atoms with Gasteiger partial charge in [-0.1, -0.05) is 0 Å². The molecule has 0 aromatic carbocycles. The van der Waals surface area contributed by atoms with Gasteiger partial charge in [-0.25, -0.2) is 14.6 Å². The van der Waals surface area contributed by atoms with Crippen LogP contribution in [0.25, 0.3) is 0 Å². The van der Waals surface area contributed by atoms with Crippen LogP contribution in [0.2, 0.25) is 0 Å². The Morgan fingerprint density at radius 1 is 1.57 bits per heavy atom. The zero-order valence-corrected chi connectivity index (χ0v) is 11.9. The molecule has 1 heterocycles. The van der Waals surface area contributed by atoms with E-state index in [2.05, 4.69) is 15.3 Å². The highest BCUT2D eigenvalue weighted by molar-refractivity contribution is 5.82. The van der Waals surface area contributed by atoms with Crippen LogP contribution in [0.4, 0.5) is 4.79 Å². The molecule has 0 bridgehead atoms. The number of aliphatic hydroxyl groups excluding tert-OH is 1. The fourth-order valence-electron chi connectivity index (χ4n) is 1.72. The molecule has 21 heavy (non-hydrogen) atoms. The second kappa shape index (κ2) is 8.22. The Bertz CT molecular complexity index is 451. The van der Waals surface area contributed by atoms with E-state index in [1.54, 1.807) is 0 Å². The van der Waals surface area contributed by atoms with Crippen LogP contribution >= 0.6 is 0 Å². The number of nitrogens with zero attached hydrogens (tertiary/aromatic N) is 2. The van der Waals surface area contributed by atoms with Gasteiger partial charge in [-0.3, -0.25) is 0 Å². The summed E-state index contributed by atoms with van der Waals surface area (Å²) in [7, 11) is 2.90. The number of H-pyrrole nitrogens is 1. The van der Waals surface area contributed by atoms with Gasteiger partial charge >= 0.3 is 12.0 Å². The number of carboxylic acids is 1. The summed E-state index contributed by atoms with van der Waals surface area (Å²) in [6.45, 7) is 0.129. The number of amides is 2. The molecule has 1 aromatic heterocycles. The largest absolute Gasteiger partial charge is 0.480 e. The van der Waals surface area contributed by atoms with E-state index >= 15 is 0 Å². The van der Waals surface area contributed by atoms with Crippen LogP contribution in [0.1, 0.15) is 5.69 Å². The zero-order chi connectivity index (χ0) is 15.8. The quantitative estimate of drug-likeness (QED) is 0.490. The van der Waals surface area contributed by atoms with Gasteiger partial charge in [0, 0.05) is 32.5 Å². The molecular weight excluding hydrogens is 280 g/mol. The average Bonchev–Trinajstić information content (AvgIpc) is 2.90. The van der Waals surface area contributed by atoms with E-state index in [9.17, 15) is 14.7 Å². The second-order valence-corrected chi connectivity index (χ2v) is 4.61. The second-order valence-electron chi connectivity index (χ2n) is 4.61. The highest BCUT2D eigenvalue weighted by Gasteiger charge is 2.23. The molecule has 1 rings (SSSR count). The third-order valence-electron chi connectivity index (χ3n) is 2.77. The minimum atomic E-state index is -1.15. The first-order chi connectivity index (χ1) is 9.93. The lowest BCUT2D eigenvalue weighted by molar-refractivity contribution is -0.139. The number of aromatic amines is 1. The van der Waals surface area contributed by atoms with Crippen molar-refractivity contribution in [1.82, 2.24) is 20.2 Å². The molecule has 118 valence electrons. The van der Waals surface area contributed by atoms with E-state index in [-0.39, 0.29) is 19.6 Å². The number of hydrogen-bond donors (Lipinski definition) is 4. The third-order valence-corrected chi connectivity index (χ3v) is 2.77. The number of aliphatic hydroxyl groups is 1. The topological polar surface area (TPSA) is 128 Å². The van der Waals surface area contributed by atoms with Crippen molar-refractivity contribution in [1.29, 1.82) is 0 Å². The van der Waals surface area contributed by atoms with Crippen LogP contribution < -0.4 is 5.32 Å². The van der Waals surface area contributed by atoms with Crippen molar-refractivity contribution in [2.45, 2.75) is 18.6 Å². The maximum atomic E-state index is 11.9. The lowest BCUT2D eigenvalue weighted by atomic mass is 10.1. The Balaban J connectivity index is 2.54. The average molecular weight is 300 g/mol. The van der Waals surface area contributed by atoms with E-state index in [1.807, 2.05) is 0 Å². The summed E-state index contributed by atoms with van der Waals surface area (Å²) in [5.74, 6) is -1.15. The van der Waals surface area contributed by atoms with Gasteiger partial charge in [-0.2, -0.15) is 0 Å². The number of hydrogen-bond acceptors (Lipinski definition) is 5. The minimum Gasteiger partial charge on any atom is -0.480 e. The smallest absolute Gasteiger partial charge is 0.326 e. The van der Waals surface area contributed by atoms with Crippen LogP contribution in [0.5, 0.6) is 0 Å². The molecule has 0 saturated carbocycles.